The number of carbonyl (C=O) groups is 1. The number of esters is 1. The molecular formula is C8H15NO2S. The number of carbonyl (C=O) groups excluding carboxylic acids is 1. The lowest BCUT2D eigenvalue weighted by atomic mass is 10.2. The highest BCUT2D eigenvalue weighted by Crippen LogP contribution is 2.24. The van der Waals surface area contributed by atoms with Gasteiger partial charge < -0.3 is 4.74 Å². The Labute approximate surface area is 77.2 Å². The third kappa shape index (κ3) is 2.14. The van der Waals surface area contributed by atoms with Gasteiger partial charge in [-0.15, -0.1) is 11.8 Å². The summed E-state index contributed by atoms with van der Waals surface area (Å²) in [5.41, 5.74) is 0. The highest BCUT2D eigenvalue weighted by molar-refractivity contribution is 8.00. The molecular weight excluding hydrogens is 174 g/mol. The molecule has 3 nitrogen and oxygen atoms in total. The van der Waals surface area contributed by atoms with Gasteiger partial charge in [0.05, 0.1) is 12.5 Å². The number of nitrogens with one attached hydrogen (secondary N) is 1. The number of rotatable bonds is 2. The molecule has 1 aliphatic heterocycles. The smallest absolute Gasteiger partial charge is 0.323 e. The van der Waals surface area contributed by atoms with Crippen LogP contribution in [0.4, 0.5) is 0 Å². The first kappa shape index (κ1) is 9.86. The molecule has 4 heteroatoms. The summed E-state index contributed by atoms with van der Waals surface area (Å²) in [5.74, 6) is 1.24. The summed E-state index contributed by atoms with van der Waals surface area (Å²) in [6.07, 6.45) is 0. The second-order valence-electron chi connectivity index (χ2n) is 3.24. The number of methoxy groups -OCH3 is 1. The number of ether oxygens (including phenoxy) is 1. The van der Waals surface area contributed by atoms with Crippen molar-refractivity contribution in [3.8, 4) is 0 Å². The molecule has 1 N–H and O–H groups in total. The fraction of sp³-hybridized carbons (Fsp3) is 0.875. The summed E-state index contributed by atoms with van der Waals surface area (Å²) < 4.78 is 4.65. The first-order valence-electron chi connectivity index (χ1n) is 4.10. The van der Waals surface area contributed by atoms with Gasteiger partial charge in [0.2, 0.25) is 0 Å². The Balaban J connectivity index is 2.40. The van der Waals surface area contributed by atoms with E-state index >= 15 is 0 Å². The fourth-order valence-corrected chi connectivity index (χ4v) is 2.44. The fourth-order valence-electron chi connectivity index (χ4n) is 1.16. The molecule has 0 aromatic rings. The maximum atomic E-state index is 11.1. The highest BCUT2D eigenvalue weighted by atomic mass is 32.2. The Morgan fingerprint density at radius 1 is 1.67 bits per heavy atom. The summed E-state index contributed by atoms with van der Waals surface area (Å²) in [6, 6.07) is -0.104. The SMILES string of the molecule is COC(=O)[C@H]1CS[C@@H](C(C)C)N1. The van der Waals surface area contributed by atoms with Crippen molar-refractivity contribution in [2.24, 2.45) is 5.92 Å². The molecule has 70 valence electrons. The maximum absolute atomic E-state index is 11.1. The van der Waals surface area contributed by atoms with E-state index < -0.39 is 0 Å². The topological polar surface area (TPSA) is 38.3 Å². The summed E-state index contributed by atoms with van der Waals surface area (Å²) in [7, 11) is 1.43. The Morgan fingerprint density at radius 2 is 2.33 bits per heavy atom. The van der Waals surface area contributed by atoms with Crippen LogP contribution in [-0.2, 0) is 9.53 Å². The largest absolute Gasteiger partial charge is 0.468 e. The van der Waals surface area contributed by atoms with E-state index in [1.54, 1.807) is 11.8 Å². The summed E-state index contributed by atoms with van der Waals surface area (Å²) in [4.78, 5) is 11.1. The monoisotopic (exact) mass is 189 g/mol. The Morgan fingerprint density at radius 3 is 2.75 bits per heavy atom. The van der Waals surface area contributed by atoms with E-state index in [0.29, 0.717) is 11.3 Å². The molecule has 12 heavy (non-hydrogen) atoms. The van der Waals surface area contributed by atoms with Gasteiger partial charge in [-0.2, -0.15) is 0 Å². The molecule has 0 aliphatic carbocycles. The van der Waals surface area contributed by atoms with E-state index in [0.717, 1.165) is 5.75 Å². The van der Waals surface area contributed by atoms with Gasteiger partial charge in [-0.25, -0.2) is 0 Å². The lowest BCUT2D eigenvalue weighted by molar-refractivity contribution is -0.142. The third-order valence-electron chi connectivity index (χ3n) is 1.90. The Hall–Kier alpha value is -0.220. The van der Waals surface area contributed by atoms with Gasteiger partial charge in [0.15, 0.2) is 0 Å². The van der Waals surface area contributed by atoms with Crippen molar-refractivity contribution in [2.45, 2.75) is 25.3 Å². The average molecular weight is 189 g/mol. The molecule has 0 unspecified atom stereocenters. The van der Waals surface area contributed by atoms with E-state index in [4.69, 9.17) is 0 Å². The molecule has 0 amide bonds. The van der Waals surface area contributed by atoms with Gasteiger partial charge in [-0.1, -0.05) is 13.8 Å². The highest BCUT2D eigenvalue weighted by Gasteiger charge is 2.31. The van der Waals surface area contributed by atoms with E-state index in [2.05, 4.69) is 23.9 Å². The van der Waals surface area contributed by atoms with Crippen molar-refractivity contribution < 1.29 is 9.53 Å². The number of hydrogen-bond donors (Lipinski definition) is 1. The lowest BCUT2D eigenvalue weighted by Gasteiger charge is -2.14. The van der Waals surface area contributed by atoms with Crippen molar-refractivity contribution in [1.82, 2.24) is 5.32 Å². The summed E-state index contributed by atoms with van der Waals surface area (Å²) in [5, 5.41) is 3.63. The van der Waals surface area contributed by atoms with Crippen LogP contribution in [0.15, 0.2) is 0 Å². The summed E-state index contributed by atoms with van der Waals surface area (Å²) >= 11 is 1.79. The standard InChI is InChI=1S/C8H15NO2S/c1-5(2)7-9-6(4-12-7)8(10)11-3/h5-7,9H,4H2,1-3H3/t6-,7+/m1/s1. The van der Waals surface area contributed by atoms with Crippen LogP contribution in [-0.4, -0.2) is 30.2 Å². The minimum Gasteiger partial charge on any atom is -0.468 e. The van der Waals surface area contributed by atoms with Crippen LogP contribution in [0.1, 0.15) is 13.8 Å². The van der Waals surface area contributed by atoms with Crippen LogP contribution in [0.2, 0.25) is 0 Å². The summed E-state index contributed by atoms with van der Waals surface area (Å²) in [6.45, 7) is 4.29. The van der Waals surface area contributed by atoms with E-state index in [1.165, 1.54) is 7.11 Å². The molecule has 1 heterocycles. The van der Waals surface area contributed by atoms with Crippen molar-refractivity contribution >= 4 is 17.7 Å². The molecule has 2 atom stereocenters. The van der Waals surface area contributed by atoms with Crippen LogP contribution in [0, 0.1) is 5.92 Å². The van der Waals surface area contributed by atoms with Crippen LogP contribution in [0.5, 0.6) is 0 Å². The molecule has 1 aliphatic rings. The van der Waals surface area contributed by atoms with Gasteiger partial charge in [-0.3, -0.25) is 10.1 Å². The van der Waals surface area contributed by atoms with Gasteiger partial charge in [0, 0.05) is 5.75 Å². The maximum Gasteiger partial charge on any atom is 0.323 e. The molecule has 1 saturated heterocycles. The predicted molar refractivity (Wildman–Crippen MR) is 50.0 cm³/mol. The normalized spacial score (nSPS) is 29.3. The van der Waals surface area contributed by atoms with Crippen LogP contribution in [0.25, 0.3) is 0 Å². The predicted octanol–water partition coefficient (Wildman–Crippen LogP) is 0.846. The van der Waals surface area contributed by atoms with Gasteiger partial charge in [0.1, 0.15) is 6.04 Å². The zero-order chi connectivity index (χ0) is 9.14. The minimum absolute atomic E-state index is 0.104. The van der Waals surface area contributed by atoms with Gasteiger partial charge >= 0.3 is 5.97 Å². The van der Waals surface area contributed by atoms with E-state index in [1.807, 2.05) is 0 Å². The average Bonchev–Trinajstić information content (AvgIpc) is 2.51. The third-order valence-corrected chi connectivity index (χ3v) is 3.46. The minimum atomic E-state index is -0.148. The first-order valence-corrected chi connectivity index (χ1v) is 5.15. The molecule has 0 spiro atoms. The molecule has 0 radical (unpaired) electrons. The first-order chi connectivity index (χ1) is 5.65. The zero-order valence-electron chi connectivity index (χ0n) is 7.66. The quantitative estimate of drug-likeness (QED) is 0.653. The van der Waals surface area contributed by atoms with E-state index in [-0.39, 0.29) is 12.0 Å². The zero-order valence-corrected chi connectivity index (χ0v) is 8.48. The second-order valence-corrected chi connectivity index (χ2v) is 4.41. The molecule has 0 bridgehead atoms. The Kier molecular flexibility index (Phi) is 3.40. The van der Waals surface area contributed by atoms with Crippen LogP contribution in [0.3, 0.4) is 0 Å². The molecule has 0 aromatic carbocycles. The van der Waals surface area contributed by atoms with Gasteiger partial charge in [-0.05, 0) is 5.92 Å². The van der Waals surface area contributed by atoms with Crippen molar-refractivity contribution in [2.75, 3.05) is 12.9 Å². The van der Waals surface area contributed by atoms with Crippen molar-refractivity contribution in [1.29, 1.82) is 0 Å². The van der Waals surface area contributed by atoms with Crippen LogP contribution < -0.4 is 5.32 Å². The number of thioether (sulfide) groups is 1. The van der Waals surface area contributed by atoms with Gasteiger partial charge in [0.25, 0.3) is 0 Å². The van der Waals surface area contributed by atoms with E-state index in [9.17, 15) is 4.79 Å². The van der Waals surface area contributed by atoms with Crippen LogP contribution >= 0.6 is 11.8 Å². The molecule has 1 rings (SSSR count). The number of hydrogen-bond acceptors (Lipinski definition) is 4. The Bertz CT molecular complexity index is 172. The molecule has 0 aromatic heterocycles. The van der Waals surface area contributed by atoms with Crippen molar-refractivity contribution in [3.63, 3.8) is 0 Å². The lowest BCUT2D eigenvalue weighted by Crippen LogP contribution is -2.39. The van der Waals surface area contributed by atoms with Crippen molar-refractivity contribution in [3.05, 3.63) is 0 Å². The second kappa shape index (κ2) is 4.14. The molecule has 1 fully saturated rings. The molecule has 0 saturated carbocycles.